The number of hydrogen-bond donors (Lipinski definition) is 2. The standard InChI is InChI=1S/C19H26N4O2.ClH/c1-14-8-11-23-17(12-14)22-13-16(19(23)25)18(24)21-10-9-20-15-6-4-2-3-5-7-15;/h8,11-13,15,20H,2-7,9-10H2,1H3,(H,21,24);1H. The first-order valence-corrected chi connectivity index (χ1v) is 9.15. The Balaban J connectivity index is 0.00000243. The number of hydrogen-bond acceptors (Lipinski definition) is 4. The van der Waals surface area contributed by atoms with Crippen LogP contribution in [0.5, 0.6) is 0 Å². The molecule has 0 bridgehead atoms. The van der Waals surface area contributed by atoms with Gasteiger partial charge in [0, 0.05) is 31.5 Å². The number of nitrogens with zero attached hydrogens (tertiary/aromatic N) is 2. The van der Waals surface area contributed by atoms with Crippen molar-refractivity contribution in [2.75, 3.05) is 13.1 Å². The van der Waals surface area contributed by atoms with E-state index in [1.807, 2.05) is 19.1 Å². The van der Waals surface area contributed by atoms with Gasteiger partial charge in [0.25, 0.3) is 11.5 Å². The summed E-state index contributed by atoms with van der Waals surface area (Å²) in [5.41, 5.74) is 1.32. The fraction of sp³-hybridized carbons (Fsp3) is 0.526. The number of rotatable bonds is 5. The van der Waals surface area contributed by atoms with Gasteiger partial charge in [0.1, 0.15) is 11.2 Å². The molecule has 26 heavy (non-hydrogen) atoms. The fourth-order valence-corrected chi connectivity index (χ4v) is 3.36. The van der Waals surface area contributed by atoms with Gasteiger partial charge in [-0.2, -0.15) is 0 Å². The molecule has 3 rings (SSSR count). The molecule has 0 aromatic carbocycles. The van der Waals surface area contributed by atoms with Gasteiger partial charge < -0.3 is 10.6 Å². The summed E-state index contributed by atoms with van der Waals surface area (Å²) in [6.07, 6.45) is 10.7. The zero-order valence-corrected chi connectivity index (χ0v) is 16.0. The molecule has 0 spiro atoms. The Kier molecular flexibility index (Phi) is 7.60. The lowest BCUT2D eigenvalue weighted by molar-refractivity contribution is 0.0951. The van der Waals surface area contributed by atoms with Crippen molar-refractivity contribution in [1.29, 1.82) is 0 Å². The largest absolute Gasteiger partial charge is 0.351 e. The van der Waals surface area contributed by atoms with Crippen molar-refractivity contribution in [2.45, 2.75) is 51.5 Å². The topological polar surface area (TPSA) is 75.5 Å². The Morgan fingerprint density at radius 2 is 1.96 bits per heavy atom. The minimum Gasteiger partial charge on any atom is -0.351 e. The molecular formula is C19H27ClN4O2. The van der Waals surface area contributed by atoms with Crippen LogP contribution in [0.2, 0.25) is 0 Å². The molecule has 0 atom stereocenters. The van der Waals surface area contributed by atoms with E-state index in [9.17, 15) is 9.59 Å². The van der Waals surface area contributed by atoms with E-state index in [4.69, 9.17) is 0 Å². The minimum absolute atomic E-state index is 0. The quantitative estimate of drug-likeness (QED) is 0.619. The van der Waals surface area contributed by atoms with E-state index in [0.29, 0.717) is 18.2 Å². The summed E-state index contributed by atoms with van der Waals surface area (Å²) >= 11 is 0. The number of carbonyl (C=O) groups excluding carboxylic acids is 1. The lowest BCUT2D eigenvalue weighted by Gasteiger charge is -2.16. The molecule has 1 amide bonds. The SMILES string of the molecule is Cc1ccn2c(=O)c(C(=O)NCCNC3CCCCCC3)cnc2c1.Cl. The van der Waals surface area contributed by atoms with Crippen LogP contribution in [0.3, 0.4) is 0 Å². The summed E-state index contributed by atoms with van der Waals surface area (Å²) in [6, 6.07) is 4.20. The summed E-state index contributed by atoms with van der Waals surface area (Å²) in [6.45, 7) is 3.16. The van der Waals surface area contributed by atoms with Gasteiger partial charge in [-0.15, -0.1) is 12.4 Å². The number of aromatic nitrogens is 2. The van der Waals surface area contributed by atoms with E-state index in [2.05, 4.69) is 15.6 Å². The predicted octanol–water partition coefficient (Wildman–Crippen LogP) is 2.47. The molecule has 0 unspecified atom stereocenters. The first-order chi connectivity index (χ1) is 12.1. The van der Waals surface area contributed by atoms with Gasteiger partial charge in [0.2, 0.25) is 0 Å². The second-order valence-electron chi connectivity index (χ2n) is 6.81. The van der Waals surface area contributed by atoms with E-state index in [1.165, 1.54) is 49.1 Å². The number of aryl methyl sites for hydroxylation is 1. The van der Waals surface area contributed by atoms with Crippen LogP contribution >= 0.6 is 12.4 Å². The smallest absolute Gasteiger partial charge is 0.270 e. The minimum atomic E-state index is -0.366. The molecule has 1 aliphatic rings. The molecule has 1 saturated carbocycles. The molecule has 2 aromatic heterocycles. The predicted molar refractivity (Wildman–Crippen MR) is 105 cm³/mol. The van der Waals surface area contributed by atoms with Gasteiger partial charge in [-0.25, -0.2) is 4.98 Å². The monoisotopic (exact) mass is 378 g/mol. The summed E-state index contributed by atoms with van der Waals surface area (Å²) in [4.78, 5) is 29.0. The van der Waals surface area contributed by atoms with E-state index in [-0.39, 0.29) is 29.4 Å². The fourth-order valence-electron chi connectivity index (χ4n) is 3.36. The average Bonchev–Trinajstić information content (AvgIpc) is 2.87. The number of nitrogens with one attached hydrogen (secondary N) is 2. The van der Waals surface area contributed by atoms with Gasteiger partial charge in [0.15, 0.2) is 0 Å². The van der Waals surface area contributed by atoms with E-state index >= 15 is 0 Å². The molecule has 6 nitrogen and oxygen atoms in total. The lowest BCUT2D eigenvalue weighted by Crippen LogP contribution is -2.38. The highest BCUT2D eigenvalue weighted by Gasteiger charge is 2.14. The second kappa shape index (κ2) is 9.69. The van der Waals surface area contributed by atoms with Crippen LogP contribution in [0.1, 0.15) is 54.4 Å². The normalized spacial score (nSPS) is 15.3. The van der Waals surface area contributed by atoms with Crippen molar-refractivity contribution >= 4 is 24.0 Å². The van der Waals surface area contributed by atoms with Crippen molar-refractivity contribution in [1.82, 2.24) is 20.0 Å². The van der Waals surface area contributed by atoms with Crippen LogP contribution in [0.25, 0.3) is 5.65 Å². The molecule has 2 heterocycles. The van der Waals surface area contributed by atoms with Crippen molar-refractivity contribution in [3.63, 3.8) is 0 Å². The molecule has 1 aliphatic carbocycles. The number of carbonyl (C=O) groups is 1. The van der Waals surface area contributed by atoms with E-state index in [1.54, 1.807) is 6.20 Å². The number of pyridine rings is 1. The Labute approximate surface area is 159 Å². The Bertz CT molecular complexity index is 798. The maximum Gasteiger partial charge on any atom is 0.270 e. The number of fused-ring (bicyclic) bond motifs is 1. The Morgan fingerprint density at radius 3 is 2.69 bits per heavy atom. The molecule has 0 radical (unpaired) electrons. The maximum absolute atomic E-state index is 12.4. The molecule has 142 valence electrons. The Hall–Kier alpha value is -1.92. The number of amides is 1. The van der Waals surface area contributed by atoms with Gasteiger partial charge in [-0.3, -0.25) is 14.0 Å². The first-order valence-electron chi connectivity index (χ1n) is 9.15. The lowest BCUT2D eigenvalue weighted by atomic mass is 10.1. The summed E-state index contributed by atoms with van der Waals surface area (Å²) in [7, 11) is 0. The van der Waals surface area contributed by atoms with Crippen molar-refractivity contribution in [2.24, 2.45) is 0 Å². The highest BCUT2D eigenvalue weighted by molar-refractivity contribution is 5.93. The third-order valence-electron chi connectivity index (χ3n) is 4.81. The zero-order chi connectivity index (χ0) is 17.6. The van der Waals surface area contributed by atoms with Crippen LogP contribution in [-0.4, -0.2) is 34.4 Å². The molecule has 0 saturated heterocycles. The highest BCUT2D eigenvalue weighted by Crippen LogP contribution is 2.16. The van der Waals surface area contributed by atoms with E-state index < -0.39 is 0 Å². The average molecular weight is 379 g/mol. The highest BCUT2D eigenvalue weighted by atomic mass is 35.5. The van der Waals surface area contributed by atoms with Gasteiger partial charge in [-0.1, -0.05) is 25.7 Å². The summed E-state index contributed by atoms with van der Waals surface area (Å²) in [5, 5.41) is 6.32. The molecular weight excluding hydrogens is 352 g/mol. The third kappa shape index (κ3) is 5.05. The zero-order valence-electron chi connectivity index (χ0n) is 15.2. The number of halogens is 1. The maximum atomic E-state index is 12.4. The van der Waals surface area contributed by atoms with Crippen LogP contribution in [0.4, 0.5) is 0 Å². The van der Waals surface area contributed by atoms with Crippen LogP contribution in [0, 0.1) is 6.92 Å². The van der Waals surface area contributed by atoms with Crippen molar-refractivity contribution in [3.8, 4) is 0 Å². The van der Waals surface area contributed by atoms with Gasteiger partial charge >= 0.3 is 0 Å². The summed E-state index contributed by atoms with van der Waals surface area (Å²) in [5.74, 6) is -0.366. The molecule has 1 fully saturated rings. The molecule has 0 aliphatic heterocycles. The third-order valence-corrected chi connectivity index (χ3v) is 4.81. The Morgan fingerprint density at radius 1 is 1.23 bits per heavy atom. The summed E-state index contributed by atoms with van der Waals surface area (Å²) < 4.78 is 1.41. The van der Waals surface area contributed by atoms with E-state index in [0.717, 1.165) is 12.1 Å². The van der Waals surface area contributed by atoms with Crippen LogP contribution in [0.15, 0.2) is 29.3 Å². The molecule has 7 heteroatoms. The van der Waals surface area contributed by atoms with Gasteiger partial charge in [0.05, 0.1) is 0 Å². The van der Waals surface area contributed by atoms with Crippen molar-refractivity contribution in [3.05, 3.63) is 46.0 Å². The molecule has 2 aromatic rings. The van der Waals surface area contributed by atoms with Crippen LogP contribution in [-0.2, 0) is 0 Å². The first kappa shape index (κ1) is 20.4. The van der Waals surface area contributed by atoms with Gasteiger partial charge in [-0.05, 0) is 37.5 Å². The van der Waals surface area contributed by atoms with Crippen LogP contribution < -0.4 is 16.2 Å². The van der Waals surface area contributed by atoms with Crippen molar-refractivity contribution < 1.29 is 4.79 Å². The second-order valence-corrected chi connectivity index (χ2v) is 6.81. The molecule has 2 N–H and O–H groups in total.